The van der Waals surface area contributed by atoms with Crippen molar-refractivity contribution < 1.29 is 18.7 Å². The van der Waals surface area contributed by atoms with Gasteiger partial charge in [0.15, 0.2) is 6.61 Å². The molecule has 0 saturated heterocycles. The Kier molecular flexibility index (Phi) is 7.39. The topological polar surface area (TPSA) is 67.4 Å². The quantitative estimate of drug-likeness (QED) is 0.649. The summed E-state index contributed by atoms with van der Waals surface area (Å²) in [4.78, 5) is 23.4. The third kappa shape index (κ3) is 6.83. The molecule has 5 nitrogen and oxygen atoms in total. The van der Waals surface area contributed by atoms with Gasteiger partial charge in [-0.3, -0.25) is 9.59 Å². The van der Waals surface area contributed by atoms with E-state index in [9.17, 15) is 14.0 Å². The van der Waals surface area contributed by atoms with E-state index in [1.54, 1.807) is 36.4 Å². The summed E-state index contributed by atoms with van der Waals surface area (Å²) in [6.45, 7) is -0.361. The average Bonchev–Trinajstić information content (AvgIpc) is 2.58. The predicted octanol–water partition coefficient (Wildman–Crippen LogP) is 3.16. The van der Waals surface area contributed by atoms with Crippen LogP contribution in [0.5, 0.6) is 5.75 Å². The molecule has 2 amide bonds. The molecule has 0 heterocycles. The van der Waals surface area contributed by atoms with Gasteiger partial charge in [-0.25, -0.2) is 4.39 Å². The van der Waals surface area contributed by atoms with Gasteiger partial charge in [-0.15, -0.1) is 0 Å². The van der Waals surface area contributed by atoms with Gasteiger partial charge in [0, 0.05) is 21.1 Å². The Balaban J connectivity index is 1.68. The molecule has 0 saturated carbocycles. The van der Waals surface area contributed by atoms with Crippen molar-refractivity contribution in [2.24, 2.45) is 0 Å². The predicted molar refractivity (Wildman–Crippen MR) is 98.6 cm³/mol. The first kappa shape index (κ1) is 19.4. The molecule has 132 valence electrons. The monoisotopic (exact) mass is 472 g/mol. The van der Waals surface area contributed by atoms with Gasteiger partial charge < -0.3 is 15.4 Å². The first-order valence-electron chi connectivity index (χ1n) is 7.30. The highest BCUT2D eigenvalue weighted by Crippen LogP contribution is 2.16. The highest BCUT2D eigenvalue weighted by Gasteiger charge is 2.08. The van der Waals surface area contributed by atoms with Crippen molar-refractivity contribution in [2.45, 2.75) is 6.54 Å². The Hall–Kier alpha value is -1.93. The van der Waals surface area contributed by atoms with E-state index in [1.165, 1.54) is 6.07 Å². The van der Waals surface area contributed by atoms with Gasteiger partial charge >= 0.3 is 0 Å². The zero-order chi connectivity index (χ0) is 18.2. The number of hydrogen-bond acceptors (Lipinski definition) is 3. The SMILES string of the molecule is O=C(CNC(=O)COc1ccc(Br)cc1)NCc1ccc(Br)cc1F. The third-order valence-electron chi connectivity index (χ3n) is 3.12. The maximum absolute atomic E-state index is 13.6. The number of amides is 2. The normalized spacial score (nSPS) is 10.2. The number of benzene rings is 2. The van der Waals surface area contributed by atoms with Gasteiger partial charge in [0.25, 0.3) is 5.91 Å². The summed E-state index contributed by atoms with van der Waals surface area (Å²) in [5.74, 6) is -0.706. The first-order chi connectivity index (χ1) is 11.9. The zero-order valence-corrected chi connectivity index (χ0v) is 16.2. The third-order valence-corrected chi connectivity index (χ3v) is 4.14. The second-order valence-corrected chi connectivity index (χ2v) is 6.86. The molecule has 0 radical (unpaired) electrons. The van der Waals surface area contributed by atoms with Crippen molar-refractivity contribution in [2.75, 3.05) is 13.2 Å². The second-order valence-electron chi connectivity index (χ2n) is 5.03. The fraction of sp³-hybridized carbons (Fsp3) is 0.176. The Morgan fingerprint density at radius 3 is 2.32 bits per heavy atom. The van der Waals surface area contributed by atoms with Crippen molar-refractivity contribution >= 4 is 43.7 Å². The van der Waals surface area contributed by atoms with E-state index < -0.39 is 17.6 Å². The number of hydrogen-bond donors (Lipinski definition) is 2. The second kappa shape index (κ2) is 9.53. The smallest absolute Gasteiger partial charge is 0.258 e. The largest absolute Gasteiger partial charge is 0.484 e. The Bertz CT molecular complexity index is 754. The van der Waals surface area contributed by atoms with Crippen molar-refractivity contribution in [1.29, 1.82) is 0 Å². The molecule has 0 bridgehead atoms. The van der Waals surface area contributed by atoms with Crippen LogP contribution >= 0.6 is 31.9 Å². The number of rotatable bonds is 7. The number of ether oxygens (including phenoxy) is 1. The molecule has 0 aliphatic rings. The Morgan fingerprint density at radius 2 is 1.64 bits per heavy atom. The fourth-order valence-corrected chi connectivity index (χ4v) is 2.43. The zero-order valence-electron chi connectivity index (χ0n) is 13.0. The van der Waals surface area contributed by atoms with E-state index in [1.807, 2.05) is 0 Å². The van der Waals surface area contributed by atoms with Crippen LogP contribution in [0.2, 0.25) is 0 Å². The molecule has 0 fully saturated rings. The lowest BCUT2D eigenvalue weighted by molar-refractivity contribution is -0.127. The minimum atomic E-state index is -0.423. The van der Waals surface area contributed by atoms with E-state index >= 15 is 0 Å². The molecule has 0 aliphatic carbocycles. The molecule has 0 spiro atoms. The summed E-state index contributed by atoms with van der Waals surface area (Å²) in [5.41, 5.74) is 0.362. The summed E-state index contributed by atoms with van der Waals surface area (Å²) in [5, 5.41) is 4.98. The molecule has 0 aromatic heterocycles. The van der Waals surface area contributed by atoms with Gasteiger partial charge in [-0.2, -0.15) is 0 Å². The van der Waals surface area contributed by atoms with E-state index in [-0.39, 0.29) is 19.7 Å². The van der Waals surface area contributed by atoms with Crippen molar-refractivity contribution in [3.63, 3.8) is 0 Å². The molecule has 0 aliphatic heterocycles. The van der Waals surface area contributed by atoms with Crippen molar-refractivity contribution in [3.05, 3.63) is 62.8 Å². The minimum absolute atomic E-state index is 0.0449. The molecular weight excluding hydrogens is 459 g/mol. The average molecular weight is 474 g/mol. The molecule has 8 heteroatoms. The fourth-order valence-electron chi connectivity index (χ4n) is 1.83. The van der Waals surface area contributed by atoms with Gasteiger partial charge in [-0.05, 0) is 36.4 Å². The Labute approximate surface area is 161 Å². The van der Waals surface area contributed by atoms with Crippen LogP contribution in [0.4, 0.5) is 4.39 Å². The first-order valence-corrected chi connectivity index (χ1v) is 8.88. The van der Waals surface area contributed by atoms with Crippen LogP contribution < -0.4 is 15.4 Å². The van der Waals surface area contributed by atoms with Gasteiger partial charge in [-0.1, -0.05) is 37.9 Å². The lowest BCUT2D eigenvalue weighted by Gasteiger charge is -2.09. The summed E-state index contributed by atoms with van der Waals surface area (Å²) in [6, 6.07) is 11.6. The standard InChI is InChI=1S/C17H15Br2FN2O3/c18-12-3-5-14(6-4-12)25-10-17(24)22-9-16(23)21-8-11-1-2-13(19)7-15(11)20/h1-7H,8-10H2,(H,21,23)(H,22,24). The lowest BCUT2D eigenvalue weighted by Crippen LogP contribution is -2.38. The Morgan fingerprint density at radius 1 is 0.960 bits per heavy atom. The van der Waals surface area contributed by atoms with Gasteiger partial charge in [0.05, 0.1) is 6.54 Å². The molecule has 2 aromatic carbocycles. The number of carbonyl (C=O) groups excluding carboxylic acids is 2. The molecule has 2 N–H and O–H groups in total. The number of carbonyl (C=O) groups is 2. The maximum atomic E-state index is 13.6. The molecule has 2 aromatic rings. The maximum Gasteiger partial charge on any atom is 0.258 e. The van der Waals surface area contributed by atoms with Crippen molar-refractivity contribution in [1.82, 2.24) is 10.6 Å². The molecule has 0 atom stereocenters. The number of nitrogens with one attached hydrogen (secondary N) is 2. The highest BCUT2D eigenvalue weighted by molar-refractivity contribution is 9.10. The van der Waals surface area contributed by atoms with Crippen LogP contribution in [0, 0.1) is 5.82 Å². The lowest BCUT2D eigenvalue weighted by atomic mass is 10.2. The van der Waals surface area contributed by atoms with Gasteiger partial charge in [0.1, 0.15) is 11.6 Å². The summed E-state index contributed by atoms with van der Waals surface area (Å²) in [7, 11) is 0. The summed E-state index contributed by atoms with van der Waals surface area (Å²) >= 11 is 6.46. The van der Waals surface area contributed by atoms with Crippen LogP contribution in [-0.2, 0) is 16.1 Å². The molecule has 2 rings (SSSR count). The van der Waals surface area contributed by atoms with Crippen LogP contribution in [0.15, 0.2) is 51.4 Å². The van der Waals surface area contributed by atoms with E-state index in [0.29, 0.717) is 15.8 Å². The van der Waals surface area contributed by atoms with E-state index in [2.05, 4.69) is 42.5 Å². The van der Waals surface area contributed by atoms with E-state index in [0.717, 1.165) is 4.47 Å². The minimum Gasteiger partial charge on any atom is -0.484 e. The molecule has 25 heavy (non-hydrogen) atoms. The van der Waals surface area contributed by atoms with Gasteiger partial charge in [0.2, 0.25) is 5.91 Å². The van der Waals surface area contributed by atoms with Crippen molar-refractivity contribution in [3.8, 4) is 5.75 Å². The highest BCUT2D eigenvalue weighted by atomic mass is 79.9. The summed E-state index contributed by atoms with van der Waals surface area (Å²) < 4.78 is 20.5. The molecular formula is C17H15Br2FN2O3. The van der Waals surface area contributed by atoms with E-state index in [4.69, 9.17) is 4.74 Å². The van der Waals surface area contributed by atoms with Crippen LogP contribution in [-0.4, -0.2) is 25.0 Å². The van der Waals surface area contributed by atoms with Crippen LogP contribution in [0.1, 0.15) is 5.56 Å². The van der Waals surface area contributed by atoms with Crippen LogP contribution in [0.25, 0.3) is 0 Å². The van der Waals surface area contributed by atoms with Crippen LogP contribution in [0.3, 0.4) is 0 Å². The summed E-state index contributed by atoms with van der Waals surface area (Å²) in [6.07, 6.45) is 0. The number of halogens is 3. The molecule has 0 unspecified atom stereocenters.